The number of nitrogens with zero attached hydrogens (tertiary/aromatic N) is 2. The van der Waals surface area contributed by atoms with Crippen molar-refractivity contribution in [3.05, 3.63) is 12.4 Å². The predicted molar refractivity (Wildman–Crippen MR) is 43.8 cm³/mol. The topological polar surface area (TPSA) is 6.48 Å². The van der Waals surface area contributed by atoms with E-state index in [2.05, 4.69) is 11.8 Å². The lowest BCUT2D eigenvalue weighted by Gasteiger charge is -2.36. The summed E-state index contributed by atoms with van der Waals surface area (Å²) in [4.78, 5) is 4.11. The summed E-state index contributed by atoms with van der Waals surface area (Å²) in [6, 6.07) is 0.386. The Morgan fingerprint density at radius 1 is 1.20 bits per heavy atom. The minimum absolute atomic E-state index is 0.0926. The van der Waals surface area contributed by atoms with Gasteiger partial charge in [0.25, 0.3) is 0 Å². The highest BCUT2D eigenvalue weighted by atomic mass is 35.5. The second kappa shape index (κ2) is 2.70. The zero-order chi connectivity index (χ0) is 7.72. The zero-order valence-corrected chi connectivity index (χ0v) is 7.34. The summed E-state index contributed by atoms with van der Waals surface area (Å²) in [5.74, 6) is 0. The molecule has 1 aliphatic heterocycles. The van der Waals surface area contributed by atoms with Gasteiger partial charge in [0.15, 0.2) is 0 Å². The van der Waals surface area contributed by atoms with Crippen molar-refractivity contribution < 1.29 is 0 Å². The van der Waals surface area contributed by atoms with Gasteiger partial charge >= 0.3 is 0 Å². The van der Waals surface area contributed by atoms with Crippen LogP contribution in [0.4, 0.5) is 0 Å². The van der Waals surface area contributed by atoms with Crippen LogP contribution in [0.25, 0.3) is 0 Å². The first-order chi connectivity index (χ1) is 4.63. The smallest absolute Gasteiger partial charge is 0.123 e. The molecule has 2 atom stereocenters. The Kier molecular flexibility index (Phi) is 2.09. The maximum absolute atomic E-state index is 6.05. The Morgan fingerprint density at radius 2 is 1.70 bits per heavy atom. The van der Waals surface area contributed by atoms with Crippen LogP contribution in [0, 0.1) is 0 Å². The molecule has 0 fully saturated rings. The molecule has 0 aromatic carbocycles. The van der Waals surface area contributed by atoms with Crippen molar-refractivity contribution in [1.82, 2.24) is 9.80 Å². The highest BCUT2D eigenvalue weighted by molar-refractivity contribution is 6.20. The predicted octanol–water partition coefficient (Wildman–Crippen LogP) is 1.29. The monoisotopic (exact) mass is 160 g/mol. The van der Waals surface area contributed by atoms with Gasteiger partial charge < -0.3 is 9.80 Å². The summed E-state index contributed by atoms with van der Waals surface area (Å²) < 4.78 is 0. The van der Waals surface area contributed by atoms with Crippen LogP contribution in [-0.2, 0) is 0 Å². The third-order valence-corrected chi connectivity index (χ3v) is 2.64. The van der Waals surface area contributed by atoms with E-state index in [0.29, 0.717) is 6.04 Å². The van der Waals surface area contributed by atoms with E-state index in [1.165, 1.54) is 0 Å². The molecule has 0 radical (unpaired) electrons. The number of hydrogen-bond donors (Lipinski definition) is 0. The second-order valence-electron chi connectivity index (χ2n) is 2.74. The molecule has 0 aromatic heterocycles. The third-order valence-electron chi connectivity index (χ3n) is 1.97. The maximum Gasteiger partial charge on any atom is 0.123 e. The van der Waals surface area contributed by atoms with Gasteiger partial charge in [-0.2, -0.15) is 0 Å². The van der Waals surface area contributed by atoms with Crippen LogP contribution in [-0.4, -0.2) is 35.4 Å². The molecular formula is C7H13ClN2. The lowest BCUT2D eigenvalue weighted by molar-refractivity contribution is 0.222. The van der Waals surface area contributed by atoms with Crippen LogP contribution in [0.1, 0.15) is 6.92 Å². The van der Waals surface area contributed by atoms with Gasteiger partial charge in [-0.15, -0.1) is 0 Å². The molecule has 2 unspecified atom stereocenters. The molecule has 0 aliphatic carbocycles. The molecule has 1 aliphatic rings. The van der Waals surface area contributed by atoms with Gasteiger partial charge in [-0.3, -0.25) is 0 Å². The van der Waals surface area contributed by atoms with Crippen molar-refractivity contribution >= 4 is 11.6 Å². The van der Waals surface area contributed by atoms with Gasteiger partial charge in [-0.1, -0.05) is 11.6 Å². The number of halogens is 1. The van der Waals surface area contributed by atoms with Crippen molar-refractivity contribution in [2.75, 3.05) is 14.1 Å². The highest BCUT2D eigenvalue weighted by Crippen LogP contribution is 2.17. The lowest BCUT2D eigenvalue weighted by Crippen LogP contribution is -2.44. The van der Waals surface area contributed by atoms with E-state index in [1.54, 1.807) is 0 Å². The van der Waals surface area contributed by atoms with E-state index in [-0.39, 0.29) is 5.50 Å². The highest BCUT2D eigenvalue weighted by Gasteiger charge is 2.22. The first-order valence-corrected chi connectivity index (χ1v) is 3.83. The molecule has 0 N–H and O–H groups in total. The summed E-state index contributed by atoms with van der Waals surface area (Å²) in [5.41, 5.74) is 0.0926. The van der Waals surface area contributed by atoms with Crippen LogP contribution in [0.2, 0.25) is 0 Å². The fraction of sp³-hybridized carbons (Fsp3) is 0.714. The largest absolute Gasteiger partial charge is 0.373 e. The Hall–Kier alpha value is -0.370. The lowest BCUT2D eigenvalue weighted by atomic mass is 10.2. The fourth-order valence-electron chi connectivity index (χ4n) is 0.963. The van der Waals surface area contributed by atoms with Gasteiger partial charge in [0.05, 0.1) is 6.04 Å². The first kappa shape index (κ1) is 7.73. The van der Waals surface area contributed by atoms with Crippen LogP contribution in [0.5, 0.6) is 0 Å². The summed E-state index contributed by atoms with van der Waals surface area (Å²) in [6.45, 7) is 2.11. The molecule has 0 saturated heterocycles. The standard InChI is InChI=1S/C7H13ClN2/c1-6-7(8)10(3)5-4-9(6)2/h4-7H,1-3H3. The van der Waals surface area contributed by atoms with Gasteiger partial charge in [0, 0.05) is 26.5 Å². The second-order valence-corrected chi connectivity index (χ2v) is 3.19. The first-order valence-electron chi connectivity index (χ1n) is 3.39. The molecule has 2 nitrogen and oxygen atoms in total. The van der Waals surface area contributed by atoms with Crippen molar-refractivity contribution in [3.8, 4) is 0 Å². The van der Waals surface area contributed by atoms with E-state index in [1.807, 2.05) is 31.4 Å². The summed E-state index contributed by atoms with van der Waals surface area (Å²) in [7, 11) is 4.02. The number of likely N-dealkylation sites (N-methyl/N-ethyl adjacent to an activating group) is 2. The molecule has 0 amide bonds. The van der Waals surface area contributed by atoms with E-state index >= 15 is 0 Å². The van der Waals surface area contributed by atoms with Crippen molar-refractivity contribution in [2.24, 2.45) is 0 Å². The zero-order valence-electron chi connectivity index (χ0n) is 6.58. The quantitative estimate of drug-likeness (QED) is 0.389. The van der Waals surface area contributed by atoms with Gasteiger partial charge in [0.1, 0.15) is 5.50 Å². The number of hydrogen-bond acceptors (Lipinski definition) is 2. The third kappa shape index (κ3) is 1.21. The summed E-state index contributed by atoms with van der Waals surface area (Å²) in [5, 5.41) is 0. The molecule has 0 saturated carbocycles. The normalized spacial score (nSPS) is 33.2. The molecule has 0 spiro atoms. The molecular weight excluding hydrogens is 148 g/mol. The average Bonchev–Trinajstić information content (AvgIpc) is 1.93. The molecule has 1 rings (SSSR count). The Labute approximate surface area is 67.1 Å². The average molecular weight is 161 g/mol. The van der Waals surface area contributed by atoms with Gasteiger partial charge in [0.2, 0.25) is 0 Å². The Bertz CT molecular complexity index is 131. The summed E-state index contributed by atoms with van der Waals surface area (Å²) >= 11 is 6.05. The molecule has 10 heavy (non-hydrogen) atoms. The van der Waals surface area contributed by atoms with Gasteiger partial charge in [-0.05, 0) is 6.92 Å². The Morgan fingerprint density at radius 3 is 2.20 bits per heavy atom. The molecule has 0 bridgehead atoms. The van der Waals surface area contributed by atoms with Crippen LogP contribution < -0.4 is 0 Å². The fourth-order valence-corrected chi connectivity index (χ4v) is 1.21. The van der Waals surface area contributed by atoms with Gasteiger partial charge in [-0.25, -0.2) is 0 Å². The minimum Gasteiger partial charge on any atom is -0.373 e. The SMILES string of the molecule is CC1C(Cl)N(C)C=CN1C. The molecule has 1 heterocycles. The number of alkyl halides is 1. The van der Waals surface area contributed by atoms with Crippen molar-refractivity contribution in [2.45, 2.75) is 18.5 Å². The van der Waals surface area contributed by atoms with Crippen LogP contribution in [0.3, 0.4) is 0 Å². The van der Waals surface area contributed by atoms with Crippen molar-refractivity contribution in [1.29, 1.82) is 0 Å². The minimum atomic E-state index is 0.0926. The Balaban J connectivity index is 2.69. The maximum atomic E-state index is 6.05. The van der Waals surface area contributed by atoms with E-state index in [9.17, 15) is 0 Å². The van der Waals surface area contributed by atoms with Crippen LogP contribution >= 0.6 is 11.6 Å². The van der Waals surface area contributed by atoms with E-state index in [0.717, 1.165) is 0 Å². The van der Waals surface area contributed by atoms with Crippen LogP contribution in [0.15, 0.2) is 12.4 Å². The molecule has 0 aromatic rings. The van der Waals surface area contributed by atoms with Crippen molar-refractivity contribution in [3.63, 3.8) is 0 Å². The molecule has 3 heteroatoms. The summed E-state index contributed by atoms with van der Waals surface area (Å²) in [6.07, 6.45) is 4.02. The van der Waals surface area contributed by atoms with E-state index < -0.39 is 0 Å². The van der Waals surface area contributed by atoms with E-state index in [4.69, 9.17) is 11.6 Å². The molecule has 58 valence electrons. The number of rotatable bonds is 0.